The van der Waals surface area contributed by atoms with Gasteiger partial charge in [0.1, 0.15) is 0 Å². The standard InChI is InChI=1S/C14H13N3O3S2/c1-22(19,20)12-4-2-10(3-5-12)15-13(18)8-11-9-17-6-7-21-14(17)16-11/h2-7,9H,8H2,1H3,(H,15,18). The molecule has 0 saturated heterocycles. The molecule has 2 heterocycles. The topological polar surface area (TPSA) is 80.5 Å². The number of thiazole rings is 1. The number of sulfone groups is 1. The molecule has 1 amide bonds. The largest absolute Gasteiger partial charge is 0.326 e. The van der Waals surface area contributed by atoms with Gasteiger partial charge < -0.3 is 5.32 Å². The van der Waals surface area contributed by atoms with E-state index >= 15 is 0 Å². The summed E-state index contributed by atoms with van der Waals surface area (Å²) in [6.45, 7) is 0. The van der Waals surface area contributed by atoms with Crippen LogP contribution in [0.3, 0.4) is 0 Å². The fourth-order valence-corrected chi connectivity index (χ4v) is 3.37. The Hall–Kier alpha value is -2.19. The number of fused-ring (bicyclic) bond motifs is 1. The summed E-state index contributed by atoms with van der Waals surface area (Å²) < 4.78 is 24.6. The fraction of sp³-hybridized carbons (Fsp3) is 0.143. The highest BCUT2D eigenvalue weighted by molar-refractivity contribution is 7.90. The minimum Gasteiger partial charge on any atom is -0.326 e. The molecule has 0 atom stereocenters. The van der Waals surface area contributed by atoms with Crippen LogP contribution in [0.4, 0.5) is 5.69 Å². The molecule has 3 aromatic rings. The number of aromatic nitrogens is 2. The van der Waals surface area contributed by atoms with Gasteiger partial charge in [-0.25, -0.2) is 13.4 Å². The average molecular weight is 335 g/mol. The van der Waals surface area contributed by atoms with Crippen molar-refractivity contribution in [3.8, 4) is 0 Å². The van der Waals surface area contributed by atoms with Gasteiger partial charge in [-0.1, -0.05) is 0 Å². The lowest BCUT2D eigenvalue weighted by Crippen LogP contribution is -2.14. The van der Waals surface area contributed by atoms with E-state index in [0.717, 1.165) is 11.2 Å². The van der Waals surface area contributed by atoms with E-state index in [1.165, 1.54) is 23.5 Å². The lowest BCUT2D eigenvalue weighted by Gasteiger charge is -2.05. The fourth-order valence-electron chi connectivity index (χ4n) is 2.02. The molecule has 0 aliphatic heterocycles. The maximum absolute atomic E-state index is 12.0. The zero-order chi connectivity index (χ0) is 15.7. The second kappa shape index (κ2) is 5.54. The molecular weight excluding hydrogens is 322 g/mol. The van der Waals surface area contributed by atoms with E-state index in [1.807, 2.05) is 22.2 Å². The highest BCUT2D eigenvalue weighted by Crippen LogP contribution is 2.15. The third-order valence-electron chi connectivity index (χ3n) is 3.05. The Morgan fingerprint density at radius 1 is 1.32 bits per heavy atom. The first-order valence-corrected chi connectivity index (χ1v) is 9.20. The van der Waals surface area contributed by atoms with Gasteiger partial charge in [-0.3, -0.25) is 9.20 Å². The Kier molecular flexibility index (Phi) is 3.71. The maximum Gasteiger partial charge on any atom is 0.230 e. The minimum atomic E-state index is -3.23. The van der Waals surface area contributed by atoms with Crippen LogP contribution in [0.1, 0.15) is 5.69 Å². The van der Waals surface area contributed by atoms with E-state index in [1.54, 1.807) is 12.1 Å². The zero-order valence-corrected chi connectivity index (χ0v) is 13.3. The van der Waals surface area contributed by atoms with Crippen LogP contribution in [0.25, 0.3) is 4.96 Å². The van der Waals surface area contributed by atoms with Crippen molar-refractivity contribution in [1.82, 2.24) is 9.38 Å². The van der Waals surface area contributed by atoms with E-state index in [4.69, 9.17) is 0 Å². The molecule has 6 nitrogen and oxygen atoms in total. The third-order valence-corrected chi connectivity index (χ3v) is 4.95. The molecule has 0 spiro atoms. The van der Waals surface area contributed by atoms with Crippen molar-refractivity contribution < 1.29 is 13.2 Å². The Bertz CT molecular complexity index is 895. The Morgan fingerprint density at radius 2 is 2.05 bits per heavy atom. The van der Waals surface area contributed by atoms with Crippen molar-refractivity contribution in [2.45, 2.75) is 11.3 Å². The lowest BCUT2D eigenvalue weighted by atomic mass is 10.3. The summed E-state index contributed by atoms with van der Waals surface area (Å²) in [5, 5.41) is 4.65. The minimum absolute atomic E-state index is 0.169. The van der Waals surface area contributed by atoms with Crippen molar-refractivity contribution >= 4 is 37.7 Å². The summed E-state index contributed by atoms with van der Waals surface area (Å²) in [5.41, 5.74) is 1.25. The molecule has 22 heavy (non-hydrogen) atoms. The van der Waals surface area contributed by atoms with Crippen LogP contribution < -0.4 is 5.32 Å². The quantitative estimate of drug-likeness (QED) is 0.790. The molecule has 0 fully saturated rings. The predicted molar refractivity (Wildman–Crippen MR) is 85.0 cm³/mol. The van der Waals surface area contributed by atoms with E-state index in [2.05, 4.69) is 10.3 Å². The molecular formula is C14H13N3O3S2. The number of nitrogens with zero attached hydrogens (tertiary/aromatic N) is 2. The second-order valence-electron chi connectivity index (χ2n) is 4.85. The summed E-state index contributed by atoms with van der Waals surface area (Å²) >= 11 is 1.51. The predicted octanol–water partition coefficient (Wildman–Crippen LogP) is 1.98. The molecule has 0 unspecified atom stereocenters. The molecule has 0 bridgehead atoms. The third kappa shape index (κ3) is 3.18. The lowest BCUT2D eigenvalue weighted by molar-refractivity contribution is -0.115. The molecule has 0 radical (unpaired) electrons. The Balaban J connectivity index is 1.67. The van der Waals surface area contributed by atoms with Crippen LogP contribution in [0.15, 0.2) is 46.9 Å². The van der Waals surface area contributed by atoms with Gasteiger partial charge in [-0.15, -0.1) is 11.3 Å². The van der Waals surface area contributed by atoms with Crippen LogP contribution in [-0.2, 0) is 21.1 Å². The number of rotatable bonds is 4. The monoisotopic (exact) mass is 335 g/mol. The summed E-state index contributed by atoms with van der Waals surface area (Å²) in [5.74, 6) is -0.196. The highest BCUT2D eigenvalue weighted by Gasteiger charge is 2.10. The first-order valence-electron chi connectivity index (χ1n) is 6.43. The van der Waals surface area contributed by atoms with E-state index < -0.39 is 9.84 Å². The number of amides is 1. The molecule has 1 aromatic carbocycles. The first kappa shape index (κ1) is 14.7. The van der Waals surface area contributed by atoms with Gasteiger partial charge in [-0.05, 0) is 24.3 Å². The smallest absolute Gasteiger partial charge is 0.230 e. The number of anilines is 1. The number of benzene rings is 1. The number of hydrogen-bond donors (Lipinski definition) is 1. The number of imidazole rings is 1. The number of nitrogens with one attached hydrogen (secondary N) is 1. The first-order chi connectivity index (χ1) is 10.4. The zero-order valence-electron chi connectivity index (χ0n) is 11.7. The molecule has 1 N–H and O–H groups in total. The Labute approximate surface area is 131 Å². The van der Waals surface area contributed by atoms with E-state index in [-0.39, 0.29) is 17.2 Å². The van der Waals surface area contributed by atoms with Gasteiger partial charge in [-0.2, -0.15) is 0 Å². The summed E-state index contributed by atoms with van der Waals surface area (Å²) in [4.78, 5) is 17.4. The van der Waals surface area contributed by atoms with Gasteiger partial charge in [0.05, 0.1) is 17.0 Å². The highest BCUT2D eigenvalue weighted by atomic mass is 32.2. The molecule has 2 aromatic heterocycles. The van der Waals surface area contributed by atoms with E-state index in [0.29, 0.717) is 11.4 Å². The molecule has 0 aliphatic rings. The number of hydrogen-bond acceptors (Lipinski definition) is 5. The van der Waals surface area contributed by atoms with Gasteiger partial charge in [0.2, 0.25) is 5.91 Å². The number of carbonyl (C=O) groups is 1. The van der Waals surface area contributed by atoms with Gasteiger partial charge in [0, 0.05) is 29.7 Å². The van der Waals surface area contributed by atoms with Crippen LogP contribution in [0, 0.1) is 0 Å². The van der Waals surface area contributed by atoms with Crippen molar-refractivity contribution in [3.63, 3.8) is 0 Å². The molecule has 8 heteroatoms. The van der Waals surface area contributed by atoms with Crippen molar-refractivity contribution in [2.75, 3.05) is 11.6 Å². The van der Waals surface area contributed by atoms with Crippen LogP contribution >= 0.6 is 11.3 Å². The molecule has 114 valence electrons. The average Bonchev–Trinajstić information content (AvgIpc) is 2.99. The van der Waals surface area contributed by atoms with Crippen LogP contribution in [0.5, 0.6) is 0 Å². The number of carbonyl (C=O) groups excluding carboxylic acids is 1. The maximum atomic E-state index is 12.0. The van der Waals surface area contributed by atoms with Crippen LogP contribution in [0.2, 0.25) is 0 Å². The summed E-state index contributed by atoms with van der Waals surface area (Å²) in [7, 11) is -3.23. The van der Waals surface area contributed by atoms with Crippen molar-refractivity contribution in [2.24, 2.45) is 0 Å². The van der Waals surface area contributed by atoms with Crippen molar-refractivity contribution in [1.29, 1.82) is 0 Å². The van der Waals surface area contributed by atoms with Gasteiger partial charge in [0.25, 0.3) is 0 Å². The molecule has 0 aliphatic carbocycles. The van der Waals surface area contributed by atoms with E-state index in [9.17, 15) is 13.2 Å². The second-order valence-corrected chi connectivity index (χ2v) is 7.74. The summed E-state index contributed by atoms with van der Waals surface area (Å²) in [6.07, 6.45) is 5.02. The molecule has 0 saturated carbocycles. The van der Waals surface area contributed by atoms with Crippen molar-refractivity contribution in [3.05, 3.63) is 47.7 Å². The molecule has 3 rings (SSSR count). The normalized spacial score (nSPS) is 11.7. The van der Waals surface area contributed by atoms with Gasteiger partial charge >= 0.3 is 0 Å². The van der Waals surface area contributed by atoms with Gasteiger partial charge in [0.15, 0.2) is 14.8 Å². The summed E-state index contributed by atoms with van der Waals surface area (Å²) in [6, 6.07) is 6.08. The Morgan fingerprint density at radius 3 is 2.68 bits per heavy atom. The SMILES string of the molecule is CS(=O)(=O)c1ccc(NC(=O)Cc2cn3ccsc3n2)cc1. The van der Waals surface area contributed by atoms with Crippen LogP contribution in [-0.4, -0.2) is 30.0 Å².